The van der Waals surface area contributed by atoms with Crippen LogP contribution in [0.2, 0.25) is 0 Å². The Balaban J connectivity index is 1.37. The van der Waals surface area contributed by atoms with Gasteiger partial charge in [0.05, 0.1) is 23.4 Å². The summed E-state index contributed by atoms with van der Waals surface area (Å²) in [4.78, 5) is 41.3. The number of benzene rings is 1. The van der Waals surface area contributed by atoms with Gasteiger partial charge in [0.1, 0.15) is 9.90 Å². The van der Waals surface area contributed by atoms with Gasteiger partial charge in [0, 0.05) is 18.0 Å². The van der Waals surface area contributed by atoms with E-state index in [1.165, 1.54) is 7.11 Å². The number of rotatable bonds is 7. The molecule has 0 aliphatic carbocycles. The molecule has 0 bridgehead atoms. The summed E-state index contributed by atoms with van der Waals surface area (Å²) in [7, 11) is 1.29. The number of aromatic nitrogens is 1. The zero-order valence-electron chi connectivity index (χ0n) is 16.7. The Labute approximate surface area is 191 Å². The minimum absolute atomic E-state index is 0.0528. The van der Waals surface area contributed by atoms with Crippen LogP contribution in [0.5, 0.6) is 11.5 Å². The van der Waals surface area contributed by atoms with Gasteiger partial charge in [0.25, 0.3) is 5.91 Å². The Morgan fingerprint density at radius 1 is 1.12 bits per heavy atom. The van der Waals surface area contributed by atoms with Gasteiger partial charge in [0.15, 0.2) is 11.5 Å². The number of nitrogens with zero attached hydrogens (tertiary/aromatic N) is 1. The highest BCUT2D eigenvalue weighted by Gasteiger charge is 2.18. The lowest BCUT2D eigenvalue weighted by molar-refractivity contribution is -0.113. The van der Waals surface area contributed by atoms with Crippen molar-refractivity contribution < 1.29 is 28.6 Å². The number of thioether (sulfide) groups is 1. The van der Waals surface area contributed by atoms with Crippen molar-refractivity contribution in [2.24, 2.45) is 0 Å². The predicted molar refractivity (Wildman–Crippen MR) is 120 cm³/mol. The van der Waals surface area contributed by atoms with Crippen molar-refractivity contribution in [3.8, 4) is 11.5 Å². The molecule has 11 heteroatoms. The molecular formula is C21H17N3O6S2. The van der Waals surface area contributed by atoms with Crippen LogP contribution in [0.3, 0.4) is 0 Å². The van der Waals surface area contributed by atoms with Crippen LogP contribution >= 0.6 is 23.1 Å². The summed E-state index contributed by atoms with van der Waals surface area (Å²) in [5.41, 5.74) is 0.902. The second-order valence-corrected chi connectivity index (χ2v) is 8.42. The van der Waals surface area contributed by atoms with E-state index in [4.69, 9.17) is 9.47 Å². The molecule has 3 heterocycles. The first-order valence-corrected chi connectivity index (χ1v) is 11.1. The number of esters is 1. The number of nitrogens with one attached hydrogen (secondary N) is 2. The van der Waals surface area contributed by atoms with Crippen LogP contribution in [0.1, 0.15) is 20.0 Å². The second-order valence-electron chi connectivity index (χ2n) is 6.37. The number of thiophene rings is 1. The normalized spacial score (nSPS) is 11.7. The molecule has 2 N–H and O–H groups in total. The molecule has 3 aromatic rings. The van der Waals surface area contributed by atoms with Crippen LogP contribution in [-0.4, -0.2) is 42.4 Å². The van der Waals surface area contributed by atoms with E-state index < -0.39 is 11.9 Å². The van der Waals surface area contributed by atoms with Crippen molar-refractivity contribution >= 4 is 51.6 Å². The number of hydrogen-bond acceptors (Lipinski definition) is 9. The average molecular weight is 472 g/mol. The summed E-state index contributed by atoms with van der Waals surface area (Å²) >= 11 is 2.25. The Hall–Kier alpha value is -3.57. The summed E-state index contributed by atoms with van der Waals surface area (Å²) in [6.07, 6.45) is 1.55. The first-order valence-electron chi connectivity index (χ1n) is 9.30. The van der Waals surface area contributed by atoms with Gasteiger partial charge < -0.3 is 24.8 Å². The quantitative estimate of drug-likeness (QED) is 0.396. The molecule has 0 unspecified atom stereocenters. The van der Waals surface area contributed by atoms with Crippen molar-refractivity contribution in [1.29, 1.82) is 0 Å². The Morgan fingerprint density at radius 2 is 1.97 bits per heavy atom. The Morgan fingerprint density at radius 3 is 2.81 bits per heavy atom. The highest BCUT2D eigenvalue weighted by atomic mass is 32.2. The molecule has 0 atom stereocenters. The number of anilines is 2. The highest BCUT2D eigenvalue weighted by Crippen LogP contribution is 2.34. The van der Waals surface area contributed by atoms with Crippen molar-refractivity contribution in [3.05, 3.63) is 59.1 Å². The van der Waals surface area contributed by atoms with E-state index in [0.29, 0.717) is 37.7 Å². The van der Waals surface area contributed by atoms with Crippen molar-refractivity contribution in [1.82, 2.24) is 4.98 Å². The Bertz CT molecular complexity index is 1180. The van der Waals surface area contributed by atoms with Gasteiger partial charge in [-0.25, -0.2) is 9.78 Å². The van der Waals surface area contributed by atoms with E-state index in [0.717, 1.165) is 23.1 Å². The maximum atomic E-state index is 12.7. The lowest BCUT2D eigenvalue weighted by Gasteiger charge is -2.09. The smallest absolute Gasteiger partial charge is 0.348 e. The van der Waals surface area contributed by atoms with E-state index in [-0.39, 0.29) is 18.5 Å². The lowest BCUT2D eigenvalue weighted by Crippen LogP contribution is -2.16. The van der Waals surface area contributed by atoms with E-state index >= 15 is 0 Å². The van der Waals surface area contributed by atoms with Gasteiger partial charge in [-0.3, -0.25) is 9.59 Å². The van der Waals surface area contributed by atoms with Gasteiger partial charge in [0.2, 0.25) is 12.7 Å². The molecule has 9 nitrogen and oxygen atoms in total. The third-order valence-corrected chi connectivity index (χ3v) is 6.23. The zero-order chi connectivity index (χ0) is 22.5. The number of methoxy groups -OCH3 is 1. The third-order valence-electron chi connectivity index (χ3n) is 4.24. The molecule has 2 amide bonds. The monoisotopic (exact) mass is 471 g/mol. The van der Waals surface area contributed by atoms with Gasteiger partial charge in [-0.15, -0.1) is 11.3 Å². The standard InChI is InChI=1S/C21H17N3O6S2/c1-28-21(27)16-6-7-18(32-16)24-19(26)13-3-2-8-22-20(13)31-10-17(25)23-12-4-5-14-15(9-12)30-11-29-14/h2-9H,10-11H2,1H3,(H,23,25)(H,24,26). The minimum atomic E-state index is -0.471. The van der Waals surface area contributed by atoms with E-state index in [1.54, 1.807) is 48.7 Å². The number of carbonyl (C=O) groups excluding carboxylic acids is 3. The zero-order valence-corrected chi connectivity index (χ0v) is 18.4. The second kappa shape index (κ2) is 9.71. The number of hydrogen-bond donors (Lipinski definition) is 2. The van der Waals surface area contributed by atoms with E-state index in [1.807, 2.05) is 0 Å². The summed E-state index contributed by atoms with van der Waals surface area (Å²) in [5, 5.41) is 6.43. The van der Waals surface area contributed by atoms with E-state index in [9.17, 15) is 14.4 Å². The molecule has 1 aliphatic rings. The maximum Gasteiger partial charge on any atom is 0.348 e. The summed E-state index contributed by atoms with van der Waals surface area (Å²) in [6, 6.07) is 11.6. The summed E-state index contributed by atoms with van der Waals surface area (Å²) in [6.45, 7) is 0.155. The molecule has 164 valence electrons. The largest absolute Gasteiger partial charge is 0.465 e. The first-order chi connectivity index (χ1) is 15.5. The fourth-order valence-electron chi connectivity index (χ4n) is 2.78. The van der Waals surface area contributed by atoms with Gasteiger partial charge in [-0.05, 0) is 36.4 Å². The van der Waals surface area contributed by atoms with Crippen molar-refractivity contribution in [3.63, 3.8) is 0 Å². The van der Waals surface area contributed by atoms with E-state index in [2.05, 4.69) is 20.4 Å². The van der Waals surface area contributed by atoms with Crippen LogP contribution in [0.4, 0.5) is 10.7 Å². The molecule has 0 saturated heterocycles. The number of ether oxygens (including phenoxy) is 3. The molecule has 1 aliphatic heterocycles. The number of carbonyl (C=O) groups is 3. The summed E-state index contributed by atoms with van der Waals surface area (Å²) in [5.74, 6) is 0.134. The number of fused-ring (bicyclic) bond motifs is 1. The molecule has 0 spiro atoms. The molecule has 4 rings (SSSR count). The molecule has 0 saturated carbocycles. The van der Waals surface area contributed by atoms with Gasteiger partial charge >= 0.3 is 5.97 Å². The van der Waals surface area contributed by atoms with Crippen LogP contribution in [0.25, 0.3) is 0 Å². The fraction of sp³-hybridized carbons (Fsp3) is 0.143. The molecule has 32 heavy (non-hydrogen) atoms. The molecular weight excluding hydrogens is 454 g/mol. The first kappa shape index (κ1) is 21.7. The molecule has 2 aromatic heterocycles. The topological polar surface area (TPSA) is 116 Å². The minimum Gasteiger partial charge on any atom is -0.465 e. The van der Waals surface area contributed by atoms with Gasteiger partial charge in [-0.2, -0.15) is 0 Å². The van der Waals surface area contributed by atoms with Crippen LogP contribution in [-0.2, 0) is 9.53 Å². The van der Waals surface area contributed by atoms with Crippen LogP contribution < -0.4 is 20.1 Å². The molecule has 0 radical (unpaired) electrons. The predicted octanol–water partition coefficient (Wildman–Crippen LogP) is 3.64. The third kappa shape index (κ3) is 5.01. The lowest BCUT2D eigenvalue weighted by atomic mass is 10.3. The fourth-order valence-corrected chi connectivity index (χ4v) is 4.39. The van der Waals surface area contributed by atoms with Crippen molar-refractivity contribution in [2.45, 2.75) is 5.03 Å². The SMILES string of the molecule is COC(=O)c1ccc(NC(=O)c2cccnc2SCC(=O)Nc2ccc3c(c2)OCO3)s1. The molecule has 1 aromatic carbocycles. The van der Waals surface area contributed by atoms with Crippen LogP contribution in [0, 0.1) is 0 Å². The van der Waals surface area contributed by atoms with Crippen LogP contribution in [0.15, 0.2) is 53.7 Å². The highest BCUT2D eigenvalue weighted by molar-refractivity contribution is 8.00. The van der Waals surface area contributed by atoms with Gasteiger partial charge in [-0.1, -0.05) is 11.8 Å². The Kier molecular flexibility index (Phi) is 6.57. The number of pyridine rings is 1. The van der Waals surface area contributed by atoms with Crippen molar-refractivity contribution in [2.75, 3.05) is 30.3 Å². The summed E-state index contributed by atoms with van der Waals surface area (Å²) < 4.78 is 15.2. The maximum absolute atomic E-state index is 12.7. The molecule has 0 fully saturated rings. The average Bonchev–Trinajstić information content (AvgIpc) is 3.46. The number of amides is 2.